The van der Waals surface area contributed by atoms with Gasteiger partial charge < -0.3 is 10.6 Å². The maximum Gasteiger partial charge on any atom is 0.229 e. The average Bonchev–Trinajstić information content (AvgIpc) is 2.52. The Balaban J connectivity index is 1.84. The third-order valence-electron chi connectivity index (χ3n) is 3.41. The predicted octanol–water partition coefficient (Wildman–Crippen LogP) is 5.37. The van der Waals surface area contributed by atoms with Gasteiger partial charge in [-0.15, -0.1) is 0 Å². The molecular formula is C18H16ClFN4. The smallest absolute Gasteiger partial charge is 0.229 e. The van der Waals surface area contributed by atoms with Crippen molar-refractivity contribution in [3.05, 3.63) is 70.6 Å². The van der Waals surface area contributed by atoms with Gasteiger partial charge in [-0.25, -0.2) is 9.37 Å². The normalized spacial score (nSPS) is 10.5. The Morgan fingerprint density at radius 2 is 1.67 bits per heavy atom. The van der Waals surface area contributed by atoms with Crippen molar-refractivity contribution < 1.29 is 4.39 Å². The maximum atomic E-state index is 13.0. The third kappa shape index (κ3) is 4.00. The van der Waals surface area contributed by atoms with E-state index in [-0.39, 0.29) is 5.82 Å². The lowest BCUT2D eigenvalue weighted by atomic mass is 10.2. The van der Waals surface area contributed by atoms with E-state index in [0.29, 0.717) is 16.8 Å². The van der Waals surface area contributed by atoms with Gasteiger partial charge in [0.15, 0.2) is 0 Å². The summed E-state index contributed by atoms with van der Waals surface area (Å²) in [5.41, 5.74) is 3.47. The van der Waals surface area contributed by atoms with Crippen LogP contribution in [0.25, 0.3) is 0 Å². The molecule has 0 saturated heterocycles. The van der Waals surface area contributed by atoms with Gasteiger partial charge in [0.25, 0.3) is 0 Å². The van der Waals surface area contributed by atoms with Crippen LogP contribution in [0.3, 0.4) is 0 Å². The summed E-state index contributed by atoms with van der Waals surface area (Å²) in [7, 11) is 0. The fraction of sp³-hybridized carbons (Fsp3) is 0.111. The van der Waals surface area contributed by atoms with E-state index in [9.17, 15) is 4.39 Å². The lowest BCUT2D eigenvalue weighted by Gasteiger charge is -2.12. The van der Waals surface area contributed by atoms with E-state index in [0.717, 1.165) is 22.6 Å². The topological polar surface area (TPSA) is 49.8 Å². The van der Waals surface area contributed by atoms with E-state index in [1.807, 2.05) is 38.1 Å². The molecule has 0 aliphatic carbocycles. The summed E-state index contributed by atoms with van der Waals surface area (Å²) in [4.78, 5) is 8.80. The Hall–Kier alpha value is -2.66. The average molecular weight is 343 g/mol. The van der Waals surface area contributed by atoms with Crippen molar-refractivity contribution in [2.45, 2.75) is 13.8 Å². The van der Waals surface area contributed by atoms with Gasteiger partial charge in [0.1, 0.15) is 11.6 Å². The first kappa shape index (κ1) is 16.2. The maximum absolute atomic E-state index is 13.0. The van der Waals surface area contributed by atoms with Crippen LogP contribution in [0.4, 0.5) is 27.5 Å². The lowest BCUT2D eigenvalue weighted by molar-refractivity contribution is 0.628. The molecule has 0 fully saturated rings. The highest BCUT2D eigenvalue weighted by Crippen LogP contribution is 2.24. The molecule has 6 heteroatoms. The van der Waals surface area contributed by atoms with Crippen molar-refractivity contribution in [3.63, 3.8) is 0 Å². The van der Waals surface area contributed by atoms with Crippen LogP contribution in [0.15, 0.2) is 48.5 Å². The Labute approximate surface area is 144 Å². The minimum Gasteiger partial charge on any atom is -0.340 e. The molecule has 0 spiro atoms. The molecule has 0 atom stereocenters. The van der Waals surface area contributed by atoms with Crippen molar-refractivity contribution in [2.24, 2.45) is 0 Å². The molecule has 2 N–H and O–H groups in total. The van der Waals surface area contributed by atoms with Gasteiger partial charge in [-0.05, 0) is 61.9 Å². The Bertz CT molecular complexity index is 865. The number of hydrogen-bond acceptors (Lipinski definition) is 4. The molecule has 3 rings (SSSR count). The van der Waals surface area contributed by atoms with E-state index in [4.69, 9.17) is 11.6 Å². The number of nitrogens with one attached hydrogen (secondary N) is 2. The van der Waals surface area contributed by atoms with E-state index in [2.05, 4.69) is 20.6 Å². The van der Waals surface area contributed by atoms with Gasteiger partial charge in [-0.3, -0.25) is 0 Å². The van der Waals surface area contributed by atoms with Crippen molar-refractivity contribution >= 4 is 34.7 Å². The number of anilines is 4. The summed E-state index contributed by atoms with van der Waals surface area (Å²) in [6.45, 7) is 3.86. The summed E-state index contributed by atoms with van der Waals surface area (Å²) in [5.74, 6) is 0.819. The summed E-state index contributed by atoms with van der Waals surface area (Å²) in [6, 6.07) is 13.5. The van der Waals surface area contributed by atoms with Gasteiger partial charge in [-0.2, -0.15) is 4.98 Å². The number of halogens is 2. The summed E-state index contributed by atoms with van der Waals surface area (Å²) in [6.07, 6.45) is 0. The summed E-state index contributed by atoms with van der Waals surface area (Å²) >= 11 is 5.98. The quantitative estimate of drug-likeness (QED) is 0.669. The monoisotopic (exact) mass is 342 g/mol. The Morgan fingerprint density at radius 3 is 2.38 bits per heavy atom. The van der Waals surface area contributed by atoms with Crippen molar-refractivity contribution in [3.8, 4) is 0 Å². The van der Waals surface area contributed by atoms with Gasteiger partial charge in [0.05, 0.1) is 0 Å². The van der Waals surface area contributed by atoms with Crippen LogP contribution in [0.1, 0.15) is 11.3 Å². The number of aromatic nitrogens is 2. The van der Waals surface area contributed by atoms with Crippen molar-refractivity contribution in [1.82, 2.24) is 9.97 Å². The van der Waals surface area contributed by atoms with Crippen LogP contribution in [0.5, 0.6) is 0 Å². The van der Waals surface area contributed by atoms with Gasteiger partial charge in [0.2, 0.25) is 5.95 Å². The predicted molar refractivity (Wildman–Crippen MR) is 95.9 cm³/mol. The molecule has 2 aromatic carbocycles. The molecule has 0 aliphatic heterocycles. The number of aryl methyl sites for hydroxylation is 2. The number of hydrogen-bond donors (Lipinski definition) is 2. The highest BCUT2D eigenvalue weighted by Gasteiger charge is 2.06. The van der Waals surface area contributed by atoms with Gasteiger partial charge >= 0.3 is 0 Å². The fourth-order valence-electron chi connectivity index (χ4n) is 2.26. The van der Waals surface area contributed by atoms with E-state index in [1.54, 1.807) is 12.1 Å². The van der Waals surface area contributed by atoms with Crippen LogP contribution < -0.4 is 10.6 Å². The second-order valence-electron chi connectivity index (χ2n) is 5.43. The first-order chi connectivity index (χ1) is 11.5. The van der Waals surface area contributed by atoms with Crippen LogP contribution in [-0.4, -0.2) is 9.97 Å². The molecule has 0 bridgehead atoms. The van der Waals surface area contributed by atoms with Crippen molar-refractivity contribution in [1.29, 1.82) is 0 Å². The molecule has 1 aromatic heterocycles. The third-order valence-corrected chi connectivity index (χ3v) is 3.64. The first-order valence-corrected chi connectivity index (χ1v) is 7.79. The number of nitrogens with zero attached hydrogens (tertiary/aromatic N) is 2. The zero-order valence-corrected chi connectivity index (χ0v) is 14.0. The zero-order valence-electron chi connectivity index (χ0n) is 13.3. The van der Waals surface area contributed by atoms with E-state index >= 15 is 0 Å². The molecule has 4 nitrogen and oxygen atoms in total. The molecule has 0 amide bonds. The summed E-state index contributed by atoms with van der Waals surface area (Å²) in [5, 5.41) is 7.03. The van der Waals surface area contributed by atoms with E-state index < -0.39 is 0 Å². The van der Waals surface area contributed by atoms with Crippen LogP contribution >= 0.6 is 11.6 Å². The van der Waals surface area contributed by atoms with Gasteiger partial charge in [0, 0.05) is 28.2 Å². The second kappa shape index (κ2) is 6.84. The molecular weight excluding hydrogens is 327 g/mol. The largest absolute Gasteiger partial charge is 0.340 e. The molecule has 1 heterocycles. The molecule has 3 aromatic rings. The van der Waals surface area contributed by atoms with Crippen LogP contribution in [0.2, 0.25) is 5.02 Å². The minimum atomic E-state index is -0.286. The zero-order chi connectivity index (χ0) is 17.1. The fourth-order valence-corrected chi connectivity index (χ4v) is 2.48. The van der Waals surface area contributed by atoms with E-state index in [1.165, 1.54) is 12.1 Å². The van der Waals surface area contributed by atoms with Crippen LogP contribution in [0, 0.1) is 19.7 Å². The van der Waals surface area contributed by atoms with Crippen molar-refractivity contribution in [2.75, 3.05) is 10.6 Å². The standard InChI is InChI=1S/C18H16ClFN4/c1-11-9-13(19)3-8-16(11)23-17-10-12(2)21-18(24-17)22-15-6-4-14(20)5-7-15/h3-10H,1-2H3,(H2,21,22,23,24). The summed E-state index contributed by atoms with van der Waals surface area (Å²) < 4.78 is 13.0. The second-order valence-corrected chi connectivity index (χ2v) is 5.87. The van der Waals surface area contributed by atoms with Crippen LogP contribution in [-0.2, 0) is 0 Å². The molecule has 0 unspecified atom stereocenters. The molecule has 0 radical (unpaired) electrons. The number of benzene rings is 2. The molecule has 0 saturated carbocycles. The molecule has 0 aliphatic rings. The molecule has 122 valence electrons. The van der Waals surface area contributed by atoms with Gasteiger partial charge in [-0.1, -0.05) is 11.6 Å². The molecule has 24 heavy (non-hydrogen) atoms. The lowest BCUT2D eigenvalue weighted by Crippen LogP contribution is -2.03. The highest BCUT2D eigenvalue weighted by atomic mass is 35.5. The minimum absolute atomic E-state index is 0.286. The SMILES string of the molecule is Cc1cc(Nc2ccc(Cl)cc2C)nc(Nc2ccc(F)cc2)n1. The first-order valence-electron chi connectivity index (χ1n) is 7.41. The Kier molecular flexibility index (Phi) is 4.62. The Morgan fingerprint density at radius 1 is 0.917 bits per heavy atom. The number of rotatable bonds is 4. The highest BCUT2D eigenvalue weighted by molar-refractivity contribution is 6.30.